The smallest absolute Gasteiger partial charge is 0.271 e. The third kappa shape index (κ3) is 5.79. The lowest BCUT2D eigenvalue weighted by atomic mass is 10.1. The average molecular weight is 516 g/mol. The predicted molar refractivity (Wildman–Crippen MR) is 121 cm³/mol. The molecule has 5 nitrogen and oxygen atoms in total. The molecule has 0 spiro atoms. The predicted octanol–water partition coefficient (Wildman–Crippen LogP) is 5.16. The number of rotatable bonds is 6. The van der Waals surface area contributed by atoms with Crippen LogP contribution < -0.4 is 10.2 Å². The Kier molecular flexibility index (Phi) is 7.22. The van der Waals surface area contributed by atoms with Crippen LogP contribution >= 0.6 is 34.2 Å². The molecule has 0 aliphatic carbocycles. The molecule has 3 aromatic rings. The Morgan fingerprint density at radius 3 is 2.69 bits per heavy atom. The molecule has 0 bridgehead atoms. The van der Waals surface area contributed by atoms with Crippen molar-refractivity contribution in [3.05, 3.63) is 97.6 Å². The van der Waals surface area contributed by atoms with E-state index in [1.165, 1.54) is 6.21 Å². The summed E-state index contributed by atoms with van der Waals surface area (Å²) >= 11 is 8.26. The Labute approximate surface area is 187 Å². The van der Waals surface area contributed by atoms with Gasteiger partial charge in [-0.1, -0.05) is 29.8 Å². The monoisotopic (exact) mass is 515 g/mol. The molecule has 3 rings (SSSR count). The second-order valence-corrected chi connectivity index (χ2v) is 7.63. The van der Waals surface area contributed by atoms with E-state index < -0.39 is 0 Å². The molecular formula is C22H15ClIN3O2. The van der Waals surface area contributed by atoms with E-state index in [0.717, 1.165) is 9.13 Å². The fourth-order valence-electron chi connectivity index (χ4n) is 2.49. The quantitative estimate of drug-likeness (QED) is 0.280. The molecule has 0 fully saturated rings. The van der Waals surface area contributed by atoms with Gasteiger partial charge in [-0.3, -0.25) is 4.79 Å². The Balaban J connectivity index is 1.71. The van der Waals surface area contributed by atoms with Crippen molar-refractivity contribution in [2.45, 2.75) is 6.61 Å². The van der Waals surface area contributed by atoms with Crippen molar-refractivity contribution in [1.82, 2.24) is 5.43 Å². The van der Waals surface area contributed by atoms with Crippen molar-refractivity contribution in [3.63, 3.8) is 0 Å². The van der Waals surface area contributed by atoms with Crippen LogP contribution in [0.2, 0.25) is 5.02 Å². The van der Waals surface area contributed by atoms with E-state index in [2.05, 4.69) is 39.2 Å². The molecule has 3 aromatic carbocycles. The van der Waals surface area contributed by atoms with Gasteiger partial charge in [0.15, 0.2) is 0 Å². The molecule has 29 heavy (non-hydrogen) atoms. The summed E-state index contributed by atoms with van der Waals surface area (Å²) in [6.45, 7) is 0.223. The van der Waals surface area contributed by atoms with Crippen LogP contribution in [-0.4, -0.2) is 12.1 Å². The summed E-state index contributed by atoms with van der Waals surface area (Å²) < 4.78 is 6.90. The number of benzene rings is 3. The van der Waals surface area contributed by atoms with E-state index >= 15 is 0 Å². The SMILES string of the molecule is N#Cc1ccccc1COc1ccc(Cl)cc1/C=N\NC(=O)c1ccc(I)cc1. The normalized spacial score (nSPS) is 10.5. The Morgan fingerprint density at radius 1 is 1.17 bits per heavy atom. The lowest BCUT2D eigenvalue weighted by Gasteiger charge is -2.10. The van der Waals surface area contributed by atoms with Crippen LogP contribution in [-0.2, 0) is 6.61 Å². The molecular weight excluding hydrogens is 501 g/mol. The molecule has 0 saturated carbocycles. The third-order valence-corrected chi connectivity index (χ3v) is 4.92. The van der Waals surface area contributed by atoms with Crippen molar-refractivity contribution in [2.24, 2.45) is 5.10 Å². The molecule has 1 amide bonds. The molecule has 0 radical (unpaired) electrons. The minimum Gasteiger partial charge on any atom is -0.488 e. The lowest BCUT2D eigenvalue weighted by molar-refractivity contribution is 0.0955. The second-order valence-electron chi connectivity index (χ2n) is 5.95. The van der Waals surface area contributed by atoms with Crippen molar-refractivity contribution in [2.75, 3.05) is 0 Å². The fourth-order valence-corrected chi connectivity index (χ4v) is 3.03. The first-order valence-corrected chi connectivity index (χ1v) is 10.0. The van der Waals surface area contributed by atoms with E-state index in [1.54, 1.807) is 42.5 Å². The molecule has 0 aliphatic rings. The van der Waals surface area contributed by atoms with Gasteiger partial charge in [-0.25, -0.2) is 5.43 Å². The number of carbonyl (C=O) groups is 1. The molecule has 0 aliphatic heterocycles. The topological polar surface area (TPSA) is 74.5 Å². The van der Waals surface area contributed by atoms with Gasteiger partial charge < -0.3 is 4.74 Å². The number of nitrogens with zero attached hydrogens (tertiary/aromatic N) is 2. The first-order valence-electron chi connectivity index (χ1n) is 8.56. The van der Waals surface area contributed by atoms with Crippen LogP contribution in [0.5, 0.6) is 5.75 Å². The highest BCUT2D eigenvalue weighted by molar-refractivity contribution is 14.1. The molecule has 1 N–H and O–H groups in total. The zero-order valence-electron chi connectivity index (χ0n) is 15.1. The lowest BCUT2D eigenvalue weighted by Crippen LogP contribution is -2.17. The summed E-state index contributed by atoms with van der Waals surface area (Å²) in [6.07, 6.45) is 1.47. The first kappa shape index (κ1) is 20.8. The van der Waals surface area contributed by atoms with Gasteiger partial charge in [-0.05, 0) is 71.1 Å². The maximum atomic E-state index is 12.2. The highest BCUT2D eigenvalue weighted by Gasteiger charge is 2.07. The largest absolute Gasteiger partial charge is 0.488 e. The number of halogens is 2. The van der Waals surface area contributed by atoms with Crippen LogP contribution in [0.3, 0.4) is 0 Å². The molecule has 144 valence electrons. The van der Waals surface area contributed by atoms with Gasteiger partial charge in [0.25, 0.3) is 5.91 Å². The fraction of sp³-hybridized carbons (Fsp3) is 0.0455. The maximum absolute atomic E-state index is 12.2. The number of ether oxygens (including phenoxy) is 1. The van der Waals surface area contributed by atoms with E-state index in [1.807, 2.05) is 24.3 Å². The standard InChI is InChI=1S/C22H15ClIN3O2/c23-19-7-10-21(29-14-17-4-2-1-3-16(17)12-25)18(11-19)13-26-27-22(28)15-5-8-20(24)9-6-15/h1-11,13H,14H2,(H,27,28)/b26-13-. The van der Waals surface area contributed by atoms with Crippen molar-refractivity contribution >= 4 is 46.3 Å². The first-order chi connectivity index (χ1) is 14.1. The number of amides is 1. The summed E-state index contributed by atoms with van der Waals surface area (Å²) in [6, 6.07) is 21.6. The van der Waals surface area contributed by atoms with Gasteiger partial charge in [0.1, 0.15) is 12.4 Å². The Hall–Kier alpha value is -2.89. The number of hydrazone groups is 1. The highest BCUT2D eigenvalue weighted by Crippen LogP contribution is 2.23. The van der Waals surface area contributed by atoms with Crippen LogP contribution in [0.15, 0.2) is 71.8 Å². The van der Waals surface area contributed by atoms with Gasteiger partial charge in [0.2, 0.25) is 0 Å². The summed E-state index contributed by atoms with van der Waals surface area (Å²) in [5.41, 5.74) is 4.95. The van der Waals surface area contributed by atoms with E-state index in [4.69, 9.17) is 16.3 Å². The maximum Gasteiger partial charge on any atom is 0.271 e. The third-order valence-electron chi connectivity index (χ3n) is 3.97. The number of hydrogen-bond donors (Lipinski definition) is 1. The van der Waals surface area contributed by atoms with Crippen LogP contribution in [0.1, 0.15) is 27.0 Å². The number of nitriles is 1. The van der Waals surface area contributed by atoms with E-state index in [0.29, 0.717) is 27.5 Å². The average Bonchev–Trinajstić information content (AvgIpc) is 2.73. The van der Waals surface area contributed by atoms with Crippen LogP contribution in [0.25, 0.3) is 0 Å². The molecule has 0 heterocycles. The summed E-state index contributed by atoms with van der Waals surface area (Å²) in [4.78, 5) is 12.2. The molecule has 0 saturated heterocycles. The van der Waals surface area contributed by atoms with Crippen molar-refractivity contribution in [3.8, 4) is 11.8 Å². The van der Waals surface area contributed by atoms with Gasteiger partial charge in [0.05, 0.1) is 17.8 Å². The number of hydrogen-bond acceptors (Lipinski definition) is 4. The van der Waals surface area contributed by atoms with Crippen molar-refractivity contribution in [1.29, 1.82) is 5.26 Å². The minimum atomic E-state index is -0.315. The van der Waals surface area contributed by atoms with E-state index in [-0.39, 0.29) is 12.5 Å². The number of carbonyl (C=O) groups excluding carboxylic acids is 1. The molecule has 0 atom stereocenters. The second kappa shape index (κ2) is 10.0. The minimum absolute atomic E-state index is 0.223. The highest BCUT2D eigenvalue weighted by atomic mass is 127. The molecule has 0 aromatic heterocycles. The molecule has 0 unspecified atom stereocenters. The van der Waals surface area contributed by atoms with Gasteiger partial charge in [-0.15, -0.1) is 0 Å². The molecule has 7 heteroatoms. The van der Waals surface area contributed by atoms with Gasteiger partial charge >= 0.3 is 0 Å². The van der Waals surface area contributed by atoms with Crippen LogP contribution in [0, 0.1) is 14.9 Å². The summed E-state index contributed by atoms with van der Waals surface area (Å²) in [5.74, 6) is 0.222. The van der Waals surface area contributed by atoms with Crippen molar-refractivity contribution < 1.29 is 9.53 Å². The zero-order chi connectivity index (χ0) is 20.6. The zero-order valence-corrected chi connectivity index (χ0v) is 18.0. The Morgan fingerprint density at radius 2 is 1.93 bits per heavy atom. The summed E-state index contributed by atoms with van der Waals surface area (Å²) in [5, 5.41) is 13.7. The Bertz CT molecular complexity index is 1090. The van der Waals surface area contributed by atoms with Gasteiger partial charge in [0, 0.05) is 25.3 Å². The van der Waals surface area contributed by atoms with E-state index in [9.17, 15) is 10.1 Å². The number of nitrogens with one attached hydrogen (secondary N) is 1. The summed E-state index contributed by atoms with van der Waals surface area (Å²) in [7, 11) is 0. The van der Waals surface area contributed by atoms with Gasteiger partial charge in [-0.2, -0.15) is 10.4 Å². The van der Waals surface area contributed by atoms with Crippen LogP contribution in [0.4, 0.5) is 0 Å².